The van der Waals surface area contributed by atoms with Gasteiger partial charge in [-0.15, -0.1) is 22.7 Å². The molecule has 170 valence electrons. The number of hydrogen-bond acceptors (Lipinski definition) is 10. The van der Waals surface area contributed by atoms with Crippen LogP contribution in [-0.2, 0) is 20.8 Å². The molecule has 0 spiro atoms. The molecule has 2 aromatic heterocycles. The van der Waals surface area contributed by atoms with Gasteiger partial charge in [-0.2, -0.15) is 0 Å². The Morgan fingerprint density at radius 1 is 0.781 bits per heavy atom. The monoisotopic (exact) mass is 552 g/mol. The second kappa shape index (κ2) is 7.99. The molecule has 14 heteroatoms. The van der Waals surface area contributed by atoms with E-state index in [0.29, 0.717) is 30.9 Å². The van der Waals surface area contributed by atoms with Gasteiger partial charge in [0, 0.05) is 30.2 Å². The molecule has 0 aliphatic carbocycles. The van der Waals surface area contributed by atoms with Crippen LogP contribution in [0, 0.1) is 13.8 Å². The Balaban J connectivity index is 2.16. The third-order valence-corrected chi connectivity index (χ3v) is 8.16. The Bertz CT molecular complexity index is 1620. The van der Waals surface area contributed by atoms with E-state index in [0.717, 1.165) is 22.7 Å². The van der Waals surface area contributed by atoms with Gasteiger partial charge in [0.2, 0.25) is 0 Å². The summed E-state index contributed by atoms with van der Waals surface area (Å²) in [5, 5.41) is 1.16. The molecule has 2 aromatic carbocycles. The van der Waals surface area contributed by atoms with Crippen molar-refractivity contribution in [1.29, 1.82) is 0 Å². The molecule has 0 saturated heterocycles. The molecule has 0 saturated carbocycles. The number of aryl methyl sites for hydroxylation is 2. The molecule has 0 fully saturated rings. The minimum atomic E-state index is -5.21. The number of thiophene rings is 2. The van der Waals surface area contributed by atoms with E-state index in [1.165, 1.54) is 6.07 Å². The highest BCUT2D eigenvalue weighted by Gasteiger charge is 2.27. The van der Waals surface area contributed by atoms with Crippen LogP contribution in [0.25, 0.3) is 29.9 Å². The third-order valence-electron chi connectivity index (χ3n) is 4.38. The van der Waals surface area contributed by atoms with Crippen molar-refractivity contribution in [2.24, 2.45) is 0 Å². The Hall–Kier alpha value is -1.64. The molecule has 0 aliphatic rings. The summed E-state index contributed by atoms with van der Waals surface area (Å²) in [4.78, 5) is 0.167. The van der Waals surface area contributed by atoms with Crippen molar-refractivity contribution in [3.63, 3.8) is 0 Å². The normalized spacial score (nSPS) is 12.6. The largest absolute Gasteiger partial charge is 0.716 e. The highest BCUT2D eigenvalue weighted by atomic mass is 35.5. The van der Waals surface area contributed by atoms with Gasteiger partial charge in [0.05, 0.1) is 9.75 Å². The number of fused-ring (bicyclic) bond motifs is 2. The van der Waals surface area contributed by atoms with Crippen LogP contribution in [0.4, 0.5) is 0 Å². The van der Waals surface area contributed by atoms with Gasteiger partial charge < -0.3 is 17.5 Å². The predicted molar refractivity (Wildman–Crippen MR) is 123 cm³/mol. The van der Waals surface area contributed by atoms with Crippen molar-refractivity contribution in [3.8, 4) is 21.3 Å². The van der Waals surface area contributed by atoms with E-state index in [-0.39, 0.29) is 31.7 Å². The van der Waals surface area contributed by atoms with Crippen molar-refractivity contribution in [3.05, 3.63) is 45.4 Å². The highest BCUT2D eigenvalue weighted by molar-refractivity contribution is 7.81. The summed E-state index contributed by atoms with van der Waals surface area (Å²) in [6, 6.07) is 6.15. The fourth-order valence-corrected chi connectivity index (χ4v) is 7.34. The summed E-state index contributed by atoms with van der Waals surface area (Å²) in [7, 11) is -10.4. The zero-order chi connectivity index (χ0) is 23.6. The van der Waals surface area contributed by atoms with Crippen LogP contribution in [0.1, 0.15) is 11.1 Å². The molecule has 0 atom stereocenters. The zero-order valence-electron chi connectivity index (χ0n) is 16.0. The average Bonchev–Trinajstić information content (AvgIpc) is 3.11. The van der Waals surface area contributed by atoms with Crippen molar-refractivity contribution in [2.45, 2.75) is 13.8 Å². The van der Waals surface area contributed by atoms with E-state index in [4.69, 9.17) is 31.6 Å². The zero-order valence-corrected chi connectivity index (χ0v) is 20.7. The van der Waals surface area contributed by atoms with Gasteiger partial charge in [-0.05, 0) is 49.2 Å². The summed E-state index contributed by atoms with van der Waals surface area (Å²) in [6.07, 6.45) is 0. The first-order chi connectivity index (χ1) is 14.7. The maximum absolute atomic E-state index is 11.5. The standard InChI is InChI=1S/C18H12Cl2O8S4/c1-7-3-10(20)6-12-13(7)15(28-32(24,25)26)18(29-12)17-14(27-31(21,22)23)11-5-9(19)4-8(2)16(11)30-17/h3-6H,1-2H3,(H,21,22,23)(H,24,25,26)/p-2. The van der Waals surface area contributed by atoms with Crippen molar-refractivity contribution < 1.29 is 34.3 Å². The Morgan fingerprint density at radius 3 is 1.94 bits per heavy atom. The van der Waals surface area contributed by atoms with Crippen LogP contribution in [0.3, 0.4) is 0 Å². The van der Waals surface area contributed by atoms with Crippen LogP contribution in [0.15, 0.2) is 24.3 Å². The Labute approximate surface area is 200 Å². The van der Waals surface area contributed by atoms with Gasteiger partial charge in [0.25, 0.3) is 20.8 Å². The molecule has 4 aromatic rings. The van der Waals surface area contributed by atoms with Crippen molar-refractivity contribution in [1.82, 2.24) is 0 Å². The summed E-state index contributed by atoms with van der Waals surface area (Å²) in [6.45, 7) is 3.36. The van der Waals surface area contributed by atoms with E-state index in [1.807, 2.05) is 0 Å². The Morgan fingerprint density at radius 2 is 1.31 bits per heavy atom. The van der Waals surface area contributed by atoms with Gasteiger partial charge in [0.15, 0.2) is 11.5 Å². The molecule has 0 amide bonds. The van der Waals surface area contributed by atoms with E-state index in [2.05, 4.69) is 0 Å². The van der Waals surface area contributed by atoms with Crippen molar-refractivity contribution in [2.75, 3.05) is 0 Å². The van der Waals surface area contributed by atoms with Crippen LogP contribution in [-0.4, -0.2) is 25.9 Å². The lowest BCUT2D eigenvalue weighted by Gasteiger charge is -2.13. The topological polar surface area (TPSA) is 133 Å². The third kappa shape index (κ3) is 4.54. The molecule has 0 unspecified atom stereocenters. The first-order valence-electron chi connectivity index (χ1n) is 8.50. The fourth-order valence-electron chi connectivity index (χ4n) is 3.32. The maximum Gasteiger partial charge on any atom is 0.262 e. The van der Waals surface area contributed by atoms with Crippen LogP contribution < -0.4 is 8.37 Å². The van der Waals surface area contributed by atoms with E-state index >= 15 is 0 Å². The van der Waals surface area contributed by atoms with E-state index < -0.39 is 20.8 Å². The molecule has 4 rings (SSSR count). The van der Waals surface area contributed by atoms with Crippen LogP contribution >= 0.6 is 45.9 Å². The Kier molecular flexibility index (Phi) is 5.87. The average molecular weight is 553 g/mol. The number of benzene rings is 2. The first-order valence-corrected chi connectivity index (χ1v) is 13.6. The smallest absolute Gasteiger partial charge is 0.262 e. The molecule has 32 heavy (non-hydrogen) atoms. The lowest BCUT2D eigenvalue weighted by atomic mass is 10.1. The summed E-state index contributed by atoms with van der Waals surface area (Å²) in [5.74, 6) is -0.647. The summed E-state index contributed by atoms with van der Waals surface area (Å²) < 4.78 is 79.5. The highest BCUT2D eigenvalue weighted by Crippen LogP contribution is 2.55. The van der Waals surface area contributed by atoms with Gasteiger partial charge in [-0.25, -0.2) is 16.8 Å². The molecular weight excluding hydrogens is 543 g/mol. The van der Waals surface area contributed by atoms with E-state index in [1.54, 1.807) is 32.0 Å². The molecule has 0 radical (unpaired) electrons. The van der Waals surface area contributed by atoms with E-state index in [9.17, 15) is 25.9 Å². The fraction of sp³-hybridized carbons (Fsp3) is 0.111. The molecule has 2 heterocycles. The van der Waals surface area contributed by atoms with Gasteiger partial charge in [-0.1, -0.05) is 23.2 Å². The lowest BCUT2D eigenvalue weighted by molar-refractivity contribution is 0.371. The minimum absolute atomic E-state index is 0.0835. The number of rotatable bonds is 5. The second-order valence-corrected chi connectivity index (χ2v) is 11.6. The molecule has 0 N–H and O–H groups in total. The molecule has 8 nitrogen and oxygen atoms in total. The maximum atomic E-state index is 11.5. The molecule has 0 aliphatic heterocycles. The predicted octanol–water partition coefficient (Wildman–Crippen LogP) is 5.38. The first kappa shape index (κ1) is 23.5. The summed E-state index contributed by atoms with van der Waals surface area (Å²) in [5.41, 5.74) is 1.18. The quantitative estimate of drug-likeness (QED) is 0.238. The SMILES string of the molecule is Cc1cc(Cl)cc2c(OS(=O)(=O)[O-])c(-c3sc4cc(Cl)cc(C)c4c3OS(=O)(=O)[O-])sc12. The second-order valence-electron chi connectivity index (χ2n) is 6.70. The van der Waals surface area contributed by atoms with Gasteiger partial charge in [0.1, 0.15) is 0 Å². The lowest BCUT2D eigenvalue weighted by Crippen LogP contribution is -2.08. The van der Waals surface area contributed by atoms with Crippen LogP contribution in [0.2, 0.25) is 10.0 Å². The number of hydrogen-bond donors (Lipinski definition) is 0. The summed E-state index contributed by atoms with van der Waals surface area (Å²) >= 11 is 14.3. The number of halogens is 2. The van der Waals surface area contributed by atoms with Crippen LogP contribution in [0.5, 0.6) is 11.5 Å². The van der Waals surface area contributed by atoms with Gasteiger partial charge in [-0.3, -0.25) is 0 Å². The molecule has 0 bridgehead atoms. The van der Waals surface area contributed by atoms with Gasteiger partial charge >= 0.3 is 0 Å². The molecular formula is C18H10Cl2O8S4-2. The van der Waals surface area contributed by atoms with Crippen molar-refractivity contribution >= 4 is 86.8 Å². The minimum Gasteiger partial charge on any atom is -0.716 e.